The number of hydrogen-bond acceptors (Lipinski definition) is 3. The Kier molecular flexibility index (Phi) is 4.46. The van der Waals surface area contributed by atoms with Crippen molar-refractivity contribution >= 4 is 16.7 Å². The Hall–Kier alpha value is -1.94. The van der Waals surface area contributed by atoms with E-state index < -0.39 is 0 Å². The van der Waals surface area contributed by atoms with Gasteiger partial charge < -0.3 is 5.43 Å². The standard InChI is InChI=1S/C17H22N4/c18-21-17(20-13-7-3-1-2-4-8-13)15-9-5-11-16-14(15)10-6-12-19-16/h5-6,9-13H,1-4,7-8,18H2,(H,20,21). The lowest BCUT2D eigenvalue weighted by atomic mass is 10.1. The summed E-state index contributed by atoms with van der Waals surface area (Å²) < 4.78 is 0. The first kappa shape index (κ1) is 14.0. The highest BCUT2D eigenvalue weighted by molar-refractivity contribution is 6.08. The number of pyridine rings is 1. The minimum Gasteiger partial charge on any atom is -0.308 e. The molecule has 3 N–H and O–H groups in total. The number of fused-ring (bicyclic) bond motifs is 1. The number of rotatable bonds is 2. The summed E-state index contributed by atoms with van der Waals surface area (Å²) in [5, 5.41) is 1.09. The van der Waals surface area contributed by atoms with Crippen molar-refractivity contribution in [3.8, 4) is 0 Å². The summed E-state index contributed by atoms with van der Waals surface area (Å²) in [6.07, 6.45) is 9.32. The highest BCUT2D eigenvalue weighted by atomic mass is 15.3. The SMILES string of the molecule is NNC(=NC1CCCCCC1)c1cccc2ncccc12. The van der Waals surface area contributed by atoms with Crippen molar-refractivity contribution in [3.63, 3.8) is 0 Å². The summed E-state index contributed by atoms with van der Waals surface area (Å²) in [5.41, 5.74) is 4.81. The Bertz CT molecular complexity index is 622. The maximum atomic E-state index is 5.75. The molecule has 4 nitrogen and oxygen atoms in total. The van der Waals surface area contributed by atoms with E-state index in [-0.39, 0.29) is 0 Å². The molecule has 0 unspecified atom stereocenters. The summed E-state index contributed by atoms with van der Waals surface area (Å²) in [7, 11) is 0. The molecule has 0 saturated heterocycles. The Morgan fingerprint density at radius 3 is 2.67 bits per heavy atom. The average molecular weight is 282 g/mol. The van der Waals surface area contributed by atoms with Gasteiger partial charge in [0.25, 0.3) is 0 Å². The lowest BCUT2D eigenvalue weighted by Crippen LogP contribution is -2.32. The van der Waals surface area contributed by atoms with E-state index in [0.717, 1.165) is 35.1 Å². The maximum absolute atomic E-state index is 5.75. The number of aromatic nitrogens is 1. The van der Waals surface area contributed by atoms with E-state index in [1.54, 1.807) is 0 Å². The fourth-order valence-electron chi connectivity index (χ4n) is 3.06. The third-order valence-corrected chi connectivity index (χ3v) is 4.17. The van der Waals surface area contributed by atoms with Crippen LogP contribution in [0, 0.1) is 0 Å². The summed E-state index contributed by atoms with van der Waals surface area (Å²) in [5.74, 6) is 6.53. The van der Waals surface area contributed by atoms with Crippen LogP contribution in [0.1, 0.15) is 44.1 Å². The predicted molar refractivity (Wildman–Crippen MR) is 87.1 cm³/mol. The number of amidine groups is 1. The first-order chi connectivity index (χ1) is 10.4. The van der Waals surface area contributed by atoms with E-state index in [0.29, 0.717) is 6.04 Å². The van der Waals surface area contributed by atoms with E-state index in [1.165, 1.54) is 25.7 Å². The first-order valence-electron chi connectivity index (χ1n) is 7.77. The topological polar surface area (TPSA) is 63.3 Å². The van der Waals surface area contributed by atoms with Crippen LogP contribution >= 0.6 is 0 Å². The molecule has 0 bridgehead atoms. The lowest BCUT2D eigenvalue weighted by Gasteiger charge is -2.14. The monoisotopic (exact) mass is 282 g/mol. The number of hydrazine groups is 1. The lowest BCUT2D eigenvalue weighted by molar-refractivity contribution is 0.583. The Morgan fingerprint density at radius 1 is 1.10 bits per heavy atom. The quantitative estimate of drug-likeness (QED) is 0.292. The highest BCUT2D eigenvalue weighted by Crippen LogP contribution is 2.22. The third kappa shape index (κ3) is 3.22. The molecule has 1 saturated carbocycles. The summed E-state index contributed by atoms with van der Waals surface area (Å²) >= 11 is 0. The Labute approximate surface area is 125 Å². The largest absolute Gasteiger partial charge is 0.308 e. The van der Waals surface area contributed by atoms with Gasteiger partial charge in [-0.15, -0.1) is 0 Å². The minimum absolute atomic E-state index is 0.380. The van der Waals surface area contributed by atoms with Crippen LogP contribution in [0.25, 0.3) is 10.9 Å². The van der Waals surface area contributed by atoms with Gasteiger partial charge in [0, 0.05) is 17.1 Å². The molecule has 3 rings (SSSR count). The third-order valence-electron chi connectivity index (χ3n) is 4.17. The van der Waals surface area contributed by atoms with Gasteiger partial charge in [0.1, 0.15) is 5.84 Å². The molecule has 1 fully saturated rings. The summed E-state index contributed by atoms with van der Waals surface area (Å²) in [6, 6.07) is 10.5. The van der Waals surface area contributed by atoms with Crippen LogP contribution < -0.4 is 11.3 Å². The van der Waals surface area contributed by atoms with E-state index in [2.05, 4.69) is 22.5 Å². The van der Waals surface area contributed by atoms with Crippen LogP contribution in [-0.4, -0.2) is 16.9 Å². The zero-order valence-corrected chi connectivity index (χ0v) is 12.3. The summed E-state index contributed by atoms with van der Waals surface area (Å²) in [4.78, 5) is 9.28. The molecule has 0 aliphatic heterocycles. The van der Waals surface area contributed by atoms with Crippen molar-refractivity contribution in [3.05, 3.63) is 42.1 Å². The van der Waals surface area contributed by atoms with Crippen molar-refractivity contribution < 1.29 is 0 Å². The van der Waals surface area contributed by atoms with Gasteiger partial charge in [-0.1, -0.05) is 43.9 Å². The molecular formula is C17H22N4. The molecule has 0 radical (unpaired) electrons. The van der Waals surface area contributed by atoms with E-state index in [4.69, 9.17) is 10.8 Å². The van der Waals surface area contributed by atoms with Crippen LogP contribution in [-0.2, 0) is 0 Å². The second-order valence-electron chi connectivity index (χ2n) is 5.64. The number of aliphatic imine (C=N–C) groups is 1. The fraction of sp³-hybridized carbons (Fsp3) is 0.412. The zero-order valence-electron chi connectivity index (χ0n) is 12.3. The molecule has 1 aliphatic rings. The first-order valence-corrected chi connectivity index (χ1v) is 7.77. The molecule has 110 valence electrons. The average Bonchev–Trinajstić information content (AvgIpc) is 2.81. The molecule has 4 heteroatoms. The zero-order chi connectivity index (χ0) is 14.5. The number of nitrogens with one attached hydrogen (secondary N) is 1. The smallest absolute Gasteiger partial charge is 0.143 e. The van der Waals surface area contributed by atoms with E-state index in [9.17, 15) is 0 Å². The Morgan fingerprint density at radius 2 is 1.90 bits per heavy atom. The molecule has 2 aromatic rings. The number of nitrogens with zero attached hydrogens (tertiary/aromatic N) is 2. The fourth-order valence-corrected chi connectivity index (χ4v) is 3.06. The van der Waals surface area contributed by atoms with Gasteiger partial charge in [0.2, 0.25) is 0 Å². The number of hydrogen-bond donors (Lipinski definition) is 2. The van der Waals surface area contributed by atoms with Crippen molar-refractivity contribution in [1.29, 1.82) is 0 Å². The van der Waals surface area contributed by atoms with Gasteiger partial charge in [-0.2, -0.15) is 0 Å². The van der Waals surface area contributed by atoms with Gasteiger partial charge in [-0.25, -0.2) is 5.84 Å². The highest BCUT2D eigenvalue weighted by Gasteiger charge is 2.14. The van der Waals surface area contributed by atoms with E-state index >= 15 is 0 Å². The molecule has 1 heterocycles. The maximum Gasteiger partial charge on any atom is 0.143 e. The van der Waals surface area contributed by atoms with Gasteiger partial charge in [0.05, 0.1) is 11.6 Å². The normalized spacial score (nSPS) is 17.7. The van der Waals surface area contributed by atoms with Crippen LogP contribution in [0.2, 0.25) is 0 Å². The number of benzene rings is 1. The molecule has 1 aliphatic carbocycles. The number of nitrogens with two attached hydrogens (primary N) is 1. The molecule has 0 spiro atoms. The molecule has 0 atom stereocenters. The van der Waals surface area contributed by atoms with Crippen molar-refractivity contribution in [2.24, 2.45) is 10.8 Å². The molecule has 0 amide bonds. The van der Waals surface area contributed by atoms with Crippen molar-refractivity contribution in [2.45, 2.75) is 44.6 Å². The second-order valence-corrected chi connectivity index (χ2v) is 5.64. The van der Waals surface area contributed by atoms with E-state index in [1.807, 2.05) is 24.4 Å². The van der Waals surface area contributed by atoms with Crippen LogP contribution in [0.15, 0.2) is 41.5 Å². The molecule has 1 aromatic heterocycles. The Balaban J connectivity index is 1.97. The summed E-state index contributed by atoms with van der Waals surface area (Å²) in [6.45, 7) is 0. The van der Waals surface area contributed by atoms with Gasteiger partial charge in [-0.3, -0.25) is 9.98 Å². The molecular weight excluding hydrogens is 260 g/mol. The minimum atomic E-state index is 0.380. The van der Waals surface area contributed by atoms with Crippen LogP contribution in [0.4, 0.5) is 0 Å². The van der Waals surface area contributed by atoms with Crippen molar-refractivity contribution in [2.75, 3.05) is 0 Å². The van der Waals surface area contributed by atoms with Crippen LogP contribution in [0.5, 0.6) is 0 Å². The van der Waals surface area contributed by atoms with Crippen LogP contribution in [0.3, 0.4) is 0 Å². The molecule has 21 heavy (non-hydrogen) atoms. The second kappa shape index (κ2) is 6.68. The van der Waals surface area contributed by atoms with Crippen molar-refractivity contribution in [1.82, 2.24) is 10.4 Å². The van der Waals surface area contributed by atoms with Gasteiger partial charge in [0.15, 0.2) is 0 Å². The van der Waals surface area contributed by atoms with Gasteiger partial charge >= 0.3 is 0 Å². The predicted octanol–water partition coefficient (Wildman–Crippen LogP) is 3.17. The van der Waals surface area contributed by atoms with Gasteiger partial charge in [-0.05, 0) is 25.0 Å². The molecule has 1 aromatic carbocycles.